The van der Waals surface area contributed by atoms with Gasteiger partial charge in [-0.15, -0.1) is 11.6 Å². The van der Waals surface area contributed by atoms with Crippen molar-refractivity contribution in [2.45, 2.75) is 64.9 Å². The van der Waals surface area contributed by atoms with Crippen molar-refractivity contribution in [2.24, 2.45) is 5.92 Å². The molecule has 2 unspecified atom stereocenters. The van der Waals surface area contributed by atoms with E-state index >= 15 is 0 Å². The zero-order chi connectivity index (χ0) is 14.3. The summed E-state index contributed by atoms with van der Waals surface area (Å²) in [5, 5.41) is 4.61. The fourth-order valence-corrected chi connectivity index (χ4v) is 3.76. The van der Waals surface area contributed by atoms with Crippen molar-refractivity contribution in [1.29, 1.82) is 0 Å². The maximum absolute atomic E-state index is 6.15. The first-order valence-electron chi connectivity index (χ1n) is 7.65. The first-order chi connectivity index (χ1) is 9.65. The summed E-state index contributed by atoms with van der Waals surface area (Å²) in [7, 11) is 0. The Morgan fingerprint density at radius 2 is 2.15 bits per heavy atom. The van der Waals surface area contributed by atoms with E-state index in [2.05, 4.69) is 28.2 Å². The summed E-state index contributed by atoms with van der Waals surface area (Å²) >= 11 is 6.15. The van der Waals surface area contributed by atoms with Gasteiger partial charge in [0.05, 0.1) is 11.6 Å². The van der Waals surface area contributed by atoms with Crippen molar-refractivity contribution in [3.63, 3.8) is 0 Å². The Bertz CT molecular complexity index is 613. The van der Waals surface area contributed by atoms with Crippen molar-refractivity contribution < 1.29 is 0 Å². The second-order valence-corrected chi connectivity index (χ2v) is 6.30. The molecule has 5 heteroatoms. The number of halogens is 1. The molecule has 20 heavy (non-hydrogen) atoms. The van der Waals surface area contributed by atoms with Gasteiger partial charge in [-0.3, -0.25) is 0 Å². The molecule has 1 saturated carbocycles. The van der Waals surface area contributed by atoms with E-state index in [0.29, 0.717) is 11.9 Å². The molecule has 0 radical (unpaired) electrons. The van der Waals surface area contributed by atoms with Gasteiger partial charge in [-0.25, -0.2) is 9.67 Å². The number of aryl methyl sites for hydroxylation is 2. The second kappa shape index (κ2) is 5.40. The zero-order valence-corrected chi connectivity index (χ0v) is 13.3. The van der Waals surface area contributed by atoms with Crippen LogP contribution in [-0.4, -0.2) is 19.3 Å². The summed E-state index contributed by atoms with van der Waals surface area (Å²) in [6.07, 6.45) is 5.10. The van der Waals surface area contributed by atoms with Gasteiger partial charge in [0.15, 0.2) is 5.65 Å². The maximum atomic E-state index is 6.15. The van der Waals surface area contributed by atoms with Crippen LogP contribution in [-0.2, 0) is 12.4 Å². The van der Waals surface area contributed by atoms with Crippen LogP contribution < -0.4 is 0 Å². The quantitative estimate of drug-likeness (QED) is 0.801. The highest BCUT2D eigenvalue weighted by Gasteiger charge is 2.27. The molecular weight excluding hydrogens is 272 g/mol. The van der Waals surface area contributed by atoms with Gasteiger partial charge >= 0.3 is 0 Å². The first kappa shape index (κ1) is 13.9. The van der Waals surface area contributed by atoms with E-state index in [1.165, 1.54) is 31.3 Å². The molecule has 0 aromatic carbocycles. The Hall–Kier alpha value is -1.03. The Morgan fingerprint density at radius 1 is 1.35 bits per heavy atom. The highest BCUT2D eigenvalue weighted by molar-refractivity contribution is 6.16. The van der Waals surface area contributed by atoms with Gasteiger partial charge in [-0.1, -0.05) is 19.8 Å². The largest absolute Gasteiger partial charge is 0.309 e. The fourth-order valence-electron chi connectivity index (χ4n) is 3.57. The van der Waals surface area contributed by atoms with E-state index in [4.69, 9.17) is 16.6 Å². The van der Waals surface area contributed by atoms with Crippen LogP contribution in [0, 0.1) is 12.8 Å². The fraction of sp³-hybridized carbons (Fsp3) is 0.733. The van der Waals surface area contributed by atoms with E-state index in [0.717, 1.165) is 29.5 Å². The third-order valence-electron chi connectivity index (χ3n) is 4.51. The topological polar surface area (TPSA) is 35.6 Å². The summed E-state index contributed by atoms with van der Waals surface area (Å²) in [6, 6.07) is 0.527. The van der Waals surface area contributed by atoms with Crippen molar-refractivity contribution >= 4 is 22.8 Å². The summed E-state index contributed by atoms with van der Waals surface area (Å²) < 4.78 is 4.45. The van der Waals surface area contributed by atoms with Crippen LogP contribution in [0.1, 0.15) is 57.1 Å². The van der Waals surface area contributed by atoms with Gasteiger partial charge in [0.2, 0.25) is 0 Å². The molecule has 110 valence electrons. The van der Waals surface area contributed by atoms with Crippen LogP contribution in [0.5, 0.6) is 0 Å². The van der Waals surface area contributed by atoms with Gasteiger partial charge in [0.1, 0.15) is 11.3 Å². The lowest BCUT2D eigenvalue weighted by Crippen LogP contribution is -2.20. The number of rotatable bonds is 3. The number of aromatic nitrogens is 4. The molecule has 0 N–H and O–H groups in total. The van der Waals surface area contributed by atoms with E-state index in [-0.39, 0.29) is 0 Å². The first-order valence-corrected chi connectivity index (χ1v) is 8.19. The third kappa shape index (κ3) is 2.14. The standard InChI is InChI=1S/C15H23ClN4/c1-4-19-15-14(11(3)18-19)17-13(9-16)20(15)12-7-5-6-10(2)8-12/h10,12H,4-9H2,1-3H3. The minimum absolute atomic E-state index is 0.475. The highest BCUT2D eigenvalue weighted by atomic mass is 35.5. The Morgan fingerprint density at radius 3 is 2.80 bits per heavy atom. The van der Waals surface area contributed by atoms with Gasteiger partial charge in [-0.2, -0.15) is 5.10 Å². The number of nitrogens with zero attached hydrogens (tertiary/aromatic N) is 4. The molecule has 0 amide bonds. The second-order valence-electron chi connectivity index (χ2n) is 6.03. The van der Waals surface area contributed by atoms with E-state index in [1.807, 2.05) is 6.92 Å². The SMILES string of the molecule is CCn1nc(C)c2nc(CCl)n(C3CCCC(C)C3)c21. The molecule has 1 aliphatic rings. The van der Waals surface area contributed by atoms with E-state index in [1.54, 1.807) is 0 Å². The summed E-state index contributed by atoms with van der Waals surface area (Å²) in [5.41, 5.74) is 3.20. The minimum Gasteiger partial charge on any atom is -0.309 e. The number of hydrogen-bond donors (Lipinski definition) is 0. The average Bonchev–Trinajstić information content (AvgIpc) is 2.96. The zero-order valence-electron chi connectivity index (χ0n) is 12.6. The lowest BCUT2D eigenvalue weighted by molar-refractivity contribution is 0.281. The molecule has 4 nitrogen and oxygen atoms in total. The van der Waals surface area contributed by atoms with Gasteiger partial charge < -0.3 is 4.57 Å². The van der Waals surface area contributed by atoms with Crippen LogP contribution in [0.25, 0.3) is 11.2 Å². The number of alkyl halides is 1. The van der Waals surface area contributed by atoms with Crippen molar-refractivity contribution in [3.8, 4) is 0 Å². The maximum Gasteiger partial charge on any atom is 0.159 e. The smallest absolute Gasteiger partial charge is 0.159 e. The Balaban J connectivity index is 2.16. The molecule has 1 fully saturated rings. The lowest BCUT2D eigenvalue weighted by Gasteiger charge is -2.29. The molecule has 0 bridgehead atoms. The predicted octanol–water partition coefficient (Wildman–Crippen LogP) is 4.05. The summed E-state index contributed by atoms with van der Waals surface area (Å²) in [5.74, 6) is 2.26. The minimum atomic E-state index is 0.475. The lowest BCUT2D eigenvalue weighted by atomic mass is 9.87. The Labute approximate surface area is 125 Å². The Kier molecular flexibility index (Phi) is 3.76. The molecule has 0 spiro atoms. The van der Waals surface area contributed by atoms with Crippen LogP contribution in [0.15, 0.2) is 0 Å². The molecule has 3 rings (SSSR count). The molecule has 1 aliphatic carbocycles. The monoisotopic (exact) mass is 294 g/mol. The molecule has 2 aromatic heterocycles. The van der Waals surface area contributed by atoms with Crippen LogP contribution >= 0.6 is 11.6 Å². The van der Waals surface area contributed by atoms with Gasteiger partial charge in [-0.05, 0) is 32.6 Å². The van der Waals surface area contributed by atoms with Crippen molar-refractivity contribution in [2.75, 3.05) is 0 Å². The molecule has 2 aromatic rings. The number of hydrogen-bond acceptors (Lipinski definition) is 2. The molecule has 2 heterocycles. The number of fused-ring (bicyclic) bond motifs is 1. The third-order valence-corrected chi connectivity index (χ3v) is 4.75. The summed E-state index contributed by atoms with van der Waals surface area (Å²) in [4.78, 5) is 4.75. The average molecular weight is 295 g/mol. The highest BCUT2D eigenvalue weighted by Crippen LogP contribution is 2.36. The van der Waals surface area contributed by atoms with E-state index < -0.39 is 0 Å². The van der Waals surface area contributed by atoms with Crippen molar-refractivity contribution in [1.82, 2.24) is 19.3 Å². The van der Waals surface area contributed by atoms with Crippen molar-refractivity contribution in [3.05, 3.63) is 11.5 Å². The van der Waals surface area contributed by atoms with Gasteiger partial charge in [0, 0.05) is 12.6 Å². The van der Waals surface area contributed by atoms with Gasteiger partial charge in [0.25, 0.3) is 0 Å². The van der Waals surface area contributed by atoms with Crippen LogP contribution in [0.2, 0.25) is 0 Å². The van der Waals surface area contributed by atoms with Crippen LogP contribution in [0.4, 0.5) is 0 Å². The predicted molar refractivity (Wildman–Crippen MR) is 82.2 cm³/mol. The van der Waals surface area contributed by atoms with Crippen LogP contribution in [0.3, 0.4) is 0 Å². The summed E-state index contributed by atoms with van der Waals surface area (Å²) in [6.45, 7) is 7.39. The van der Waals surface area contributed by atoms with E-state index in [9.17, 15) is 0 Å². The molecule has 2 atom stereocenters. The molecular formula is C15H23ClN4. The number of imidazole rings is 1. The molecule has 0 saturated heterocycles. The molecule has 0 aliphatic heterocycles. The normalized spacial score (nSPS) is 23.6.